The Hall–Kier alpha value is -1.88. The second kappa shape index (κ2) is 5.84. The first kappa shape index (κ1) is 13.5. The Morgan fingerprint density at radius 1 is 1.32 bits per heavy atom. The smallest absolute Gasteiger partial charge is 0.251 e. The van der Waals surface area contributed by atoms with Crippen molar-refractivity contribution in [2.24, 2.45) is 0 Å². The van der Waals surface area contributed by atoms with Crippen LogP contribution in [0.2, 0.25) is 0 Å². The monoisotopic (exact) mass is 275 g/mol. The van der Waals surface area contributed by atoms with Crippen molar-refractivity contribution in [1.29, 1.82) is 0 Å². The summed E-state index contributed by atoms with van der Waals surface area (Å²) in [6, 6.07) is 7.30. The summed E-state index contributed by atoms with van der Waals surface area (Å²) in [7, 11) is 1.85. The first-order chi connectivity index (χ1) is 9.10. The molecular formula is C14H17N3OS. The largest absolute Gasteiger partial charge is 0.388 e. The van der Waals surface area contributed by atoms with Gasteiger partial charge in [-0.2, -0.15) is 0 Å². The van der Waals surface area contributed by atoms with Crippen molar-refractivity contribution in [2.75, 3.05) is 12.4 Å². The first-order valence-corrected chi connectivity index (χ1v) is 6.99. The number of aromatic nitrogens is 1. The molecule has 0 radical (unpaired) electrons. The molecule has 0 aliphatic rings. The molecule has 0 saturated carbocycles. The minimum Gasteiger partial charge on any atom is -0.388 e. The summed E-state index contributed by atoms with van der Waals surface area (Å²) in [5.74, 6) is -0.0805. The third kappa shape index (κ3) is 3.32. The Labute approximate surface area is 116 Å². The van der Waals surface area contributed by atoms with Crippen LogP contribution in [-0.4, -0.2) is 17.9 Å². The topological polar surface area (TPSA) is 54.0 Å². The number of amides is 1. The van der Waals surface area contributed by atoms with Crippen LogP contribution in [-0.2, 0) is 0 Å². The summed E-state index contributed by atoms with van der Waals surface area (Å²) in [5.41, 5.74) is 2.62. The first-order valence-electron chi connectivity index (χ1n) is 6.11. The molecule has 0 spiro atoms. The highest BCUT2D eigenvalue weighted by Crippen LogP contribution is 2.18. The van der Waals surface area contributed by atoms with Gasteiger partial charge < -0.3 is 10.6 Å². The third-order valence-corrected chi connectivity index (χ3v) is 3.94. The van der Waals surface area contributed by atoms with Crippen LogP contribution >= 0.6 is 11.3 Å². The highest BCUT2D eigenvalue weighted by atomic mass is 32.1. The number of nitrogens with zero attached hydrogens (tertiary/aromatic N) is 1. The Morgan fingerprint density at radius 3 is 2.53 bits per heavy atom. The van der Waals surface area contributed by atoms with E-state index in [2.05, 4.69) is 15.6 Å². The number of aryl methyl sites for hydroxylation is 1. The number of hydrogen-bond acceptors (Lipinski definition) is 4. The molecule has 0 aliphatic heterocycles. The van der Waals surface area contributed by atoms with Gasteiger partial charge >= 0.3 is 0 Å². The van der Waals surface area contributed by atoms with E-state index in [0.717, 1.165) is 16.4 Å². The molecule has 0 saturated heterocycles. The third-order valence-electron chi connectivity index (χ3n) is 2.79. The summed E-state index contributed by atoms with van der Waals surface area (Å²) in [4.78, 5) is 16.5. The minimum absolute atomic E-state index is 0.0739. The molecule has 1 atom stereocenters. The SMILES string of the molecule is CNc1ccc(C(=O)NC(C)c2nc(C)cs2)cc1. The van der Waals surface area contributed by atoms with E-state index in [-0.39, 0.29) is 11.9 Å². The number of carbonyl (C=O) groups is 1. The zero-order valence-corrected chi connectivity index (χ0v) is 12.0. The van der Waals surface area contributed by atoms with Gasteiger partial charge in [0, 0.05) is 29.4 Å². The Bertz CT molecular complexity index is 562. The highest BCUT2D eigenvalue weighted by Gasteiger charge is 2.13. The van der Waals surface area contributed by atoms with E-state index in [1.54, 1.807) is 23.5 Å². The van der Waals surface area contributed by atoms with Gasteiger partial charge in [0.15, 0.2) is 0 Å². The van der Waals surface area contributed by atoms with Crippen molar-refractivity contribution >= 4 is 22.9 Å². The van der Waals surface area contributed by atoms with Crippen molar-refractivity contribution in [1.82, 2.24) is 10.3 Å². The van der Waals surface area contributed by atoms with Gasteiger partial charge in [0.25, 0.3) is 5.91 Å². The van der Waals surface area contributed by atoms with Crippen LogP contribution in [0.3, 0.4) is 0 Å². The molecule has 2 aromatic rings. The van der Waals surface area contributed by atoms with E-state index in [1.807, 2.05) is 38.4 Å². The van der Waals surface area contributed by atoms with Gasteiger partial charge in [-0.15, -0.1) is 11.3 Å². The van der Waals surface area contributed by atoms with Gasteiger partial charge in [-0.05, 0) is 38.1 Å². The van der Waals surface area contributed by atoms with Crippen molar-refractivity contribution < 1.29 is 4.79 Å². The quantitative estimate of drug-likeness (QED) is 0.902. The van der Waals surface area contributed by atoms with E-state index >= 15 is 0 Å². The maximum atomic E-state index is 12.1. The second-order valence-electron chi connectivity index (χ2n) is 4.35. The number of anilines is 1. The normalized spacial score (nSPS) is 11.9. The van der Waals surface area contributed by atoms with Crippen LogP contribution in [0.4, 0.5) is 5.69 Å². The minimum atomic E-state index is -0.0805. The van der Waals surface area contributed by atoms with Crippen molar-refractivity contribution in [3.05, 3.63) is 45.9 Å². The summed E-state index contributed by atoms with van der Waals surface area (Å²) in [6.45, 7) is 3.89. The molecule has 1 amide bonds. The molecule has 1 aromatic carbocycles. The van der Waals surface area contributed by atoms with Crippen LogP contribution in [0, 0.1) is 6.92 Å². The maximum Gasteiger partial charge on any atom is 0.251 e. The molecule has 0 bridgehead atoms. The van der Waals surface area contributed by atoms with Gasteiger partial charge in [0.2, 0.25) is 0 Å². The molecule has 1 heterocycles. The van der Waals surface area contributed by atoms with Gasteiger partial charge in [0.05, 0.1) is 6.04 Å². The highest BCUT2D eigenvalue weighted by molar-refractivity contribution is 7.09. The number of rotatable bonds is 4. The Morgan fingerprint density at radius 2 is 2.00 bits per heavy atom. The maximum absolute atomic E-state index is 12.1. The fraction of sp³-hybridized carbons (Fsp3) is 0.286. The van der Waals surface area contributed by atoms with E-state index in [9.17, 15) is 4.79 Å². The molecule has 1 aromatic heterocycles. The van der Waals surface area contributed by atoms with Crippen LogP contribution in [0.5, 0.6) is 0 Å². The fourth-order valence-electron chi connectivity index (χ4n) is 1.70. The molecule has 0 aliphatic carbocycles. The van der Waals surface area contributed by atoms with Gasteiger partial charge in [-0.3, -0.25) is 4.79 Å². The van der Waals surface area contributed by atoms with Crippen LogP contribution in [0.25, 0.3) is 0 Å². The predicted molar refractivity (Wildman–Crippen MR) is 78.7 cm³/mol. The molecule has 0 fully saturated rings. The molecule has 5 heteroatoms. The average molecular weight is 275 g/mol. The van der Waals surface area contributed by atoms with E-state index in [1.165, 1.54) is 0 Å². The van der Waals surface area contributed by atoms with Crippen molar-refractivity contribution in [3.63, 3.8) is 0 Å². The predicted octanol–water partition coefficient (Wildman–Crippen LogP) is 2.98. The van der Waals surface area contributed by atoms with Gasteiger partial charge in [0.1, 0.15) is 5.01 Å². The average Bonchev–Trinajstić information content (AvgIpc) is 2.85. The van der Waals surface area contributed by atoms with E-state index in [4.69, 9.17) is 0 Å². The van der Waals surface area contributed by atoms with Gasteiger partial charge in [-0.1, -0.05) is 0 Å². The summed E-state index contributed by atoms with van der Waals surface area (Å²) in [5, 5.41) is 8.89. The van der Waals surface area contributed by atoms with Gasteiger partial charge in [-0.25, -0.2) is 4.98 Å². The molecule has 100 valence electrons. The zero-order chi connectivity index (χ0) is 13.8. The lowest BCUT2D eigenvalue weighted by atomic mass is 10.2. The van der Waals surface area contributed by atoms with E-state index < -0.39 is 0 Å². The number of thiazole rings is 1. The van der Waals surface area contributed by atoms with Crippen molar-refractivity contribution in [2.45, 2.75) is 19.9 Å². The number of benzene rings is 1. The number of hydrogen-bond donors (Lipinski definition) is 2. The number of carbonyl (C=O) groups excluding carboxylic acids is 1. The summed E-state index contributed by atoms with van der Waals surface area (Å²) >= 11 is 1.57. The van der Waals surface area contributed by atoms with E-state index in [0.29, 0.717) is 5.56 Å². The Kier molecular flexibility index (Phi) is 4.16. The molecule has 1 unspecified atom stereocenters. The van der Waals surface area contributed by atoms with Crippen LogP contribution in [0.1, 0.15) is 34.0 Å². The molecule has 19 heavy (non-hydrogen) atoms. The summed E-state index contributed by atoms with van der Waals surface area (Å²) < 4.78 is 0. The lowest BCUT2D eigenvalue weighted by molar-refractivity contribution is 0.0940. The lowest BCUT2D eigenvalue weighted by Crippen LogP contribution is -2.26. The Balaban J connectivity index is 2.03. The molecular weight excluding hydrogens is 258 g/mol. The fourth-order valence-corrected chi connectivity index (χ4v) is 2.50. The molecule has 2 rings (SSSR count). The second-order valence-corrected chi connectivity index (χ2v) is 5.24. The summed E-state index contributed by atoms with van der Waals surface area (Å²) in [6.07, 6.45) is 0. The number of nitrogens with one attached hydrogen (secondary N) is 2. The van der Waals surface area contributed by atoms with Crippen LogP contribution in [0.15, 0.2) is 29.6 Å². The molecule has 4 nitrogen and oxygen atoms in total. The lowest BCUT2D eigenvalue weighted by Gasteiger charge is -2.11. The zero-order valence-electron chi connectivity index (χ0n) is 11.2. The van der Waals surface area contributed by atoms with Crippen molar-refractivity contribution in [3.8, 4) is 0 Å². The molecule has 2 N–H and O–H groups in total. The standard InChI is InChI=1S/C14H17N3OS/c1-9-8-19-14(16-9)10(2)17-13(18)11-4-6-12(15-3)7-5-11/h4-8,10,15H,1-3H3,(H,17,18). The van der Waals surface area contributed by atoms with Crippen LogP contribution < -0.4 is 10.6 Å².